The van der Waals surface area contributed by atoms with Gasteiger partial charge in [0.2, 0.25) is 5.91 Å². The van der Waals surface area contributed by atoms with E-state index in [1.54, 1.807) is 0 Å². The number of rotatable bonds is 6. The van der Waals surface area contributed by atoms with Crippen LogP contribution in [0.25, 0.3) is 0 Å². The van der Waals surface area contributed by atoms with Crippen molar-refractivity contribution in [3.63, 3.8) is 0 Å². The number of aryl methyl sites for hydroxylation is 1. The van der Waals surface area contributed by atoms with E-state index in [2.05, 4.69) is 53.5 Å². The highest BCUT2D eigenvalue weighted by Gasteiger charge is 2.27. The van der Waals surface area contributed by atoms with Gasteiger partial charge in [-0.2, -0.15) is 0 Å². The number of nitrogens with one attached hydrogen (secondary N) is 1. The zero-order valence-corrected chi connectivity index (χ0v) is 15.9. The lowest BCUT2D eigenvalue weighted by Crippen LogP contribution is -2.43. The minimum absolute atomic E-state index is 0.124. The van der Waals surface area contributed by atoms with Crippen molar-refractivity contribution in [1.82, 2.24) is 10.2 Å². The lowest BCUT2D eigenvalue weighted by atomic mass is 9.94. The standard InChI is InChI=1S/C23H30N2O/c1-18-13-15-20(16-14-18)22(23(26)24-21-11-7-4-8-12-21)25(2)17-19-9-5-3-6-10-19/h3,5-6,9-10,13-16,21-22H,4,7-8,11-12,17H2,1-2H3,(H,24,26)/t22-/m0/s1. The lowest BCUT2D eigenvalue weighted by Gasteiger charge is -2.31. The van der Waals surface area contributed by atoms with Gasteiger partial charge < -0.3 is 5.32 Å². The van der Waals surface area contributed by atoms with Crippen LogP contribution in [0.1, 0.15) is 54.8 Å². The van der Waals surface area contributed by atoms with Crippen LogP contribution < -0.4 is 5.32 Å². The van der Waals surface area contributed by atoms with Gasteiger partial charge in [-0.1, -0.05) is 79.4 Å². The average molecular weight is 351 g/mol. The first-order valence-electron chi connectivity index (χ1n) is 9.74. The summed E-state index contributed by atoms with van der Waals surface area (Å²) in [5.74, 6) is 0.124. The first-order valence-corrected chi connectivity index (χ1v) is 9.74. The second kappa shape index (κ2) is 9.00. The van der Waals surface area contributed by atoms with Crippen LogP contribution in [0.15, 0.2) is 54.6 Å². The molecule has 1 fully saturated rings. The van der Waals surface area contributed by atoms with E-state index in [9.17, 15) is 4.79 Å². The van der Waals surface area contributed by atoms with Gasteiger partial charge in [-0.25, -0.2) is 0 Å². The molecule has 0 saturated heterocycles. The first kappa shape index (κ1) is 18.7. The van der Waals surface area contributed by atoms with E-state index >= 15 is 0 Å². The molecular formula is C23H30N2O. The summed E-state index contributed by atoms with van der Waals surface area (Å²) in [4.78, 5) is 15.3. The second-order valence-electron chi connectivity index (χ2n) is 7.56. The van der Waals surface area contributed by atoms with Crippen LogP contribution in [0.4, 0.5) is 0 Å². The highest BCUT2D eigenvalue weighted by molar-refractivity contribution is 5.83. The van der Waals surface area contributed by atoms with E-state index in [0.29, 0.717) is 6.04 Å². The highest BCUT2D eigenvalue weighted by Crippen LogP contribution is 2.24. The van der Waals surface area contributed by atoms with Crippen molar-refractivity contribution in [3.05, 3.63) is 71.3 Å². The summed E-state index contributed by atoms with van der Waals surface area (Å²) in [6.07, 6.45) is 5.95. The molecule has 1 atom stereocenters. The molecule has 26 heavy (non-hydrogen) atoms. The quantitative estimate of drug-likeness (QED) is 0.825. The number of nitrogens with zero attached hydrogens (tertiary/aromatic N) is 1. The zero-order valence-electron chi connectivity index (χ0n) is 15.9. The summed E-state index contributed by atoms with van der Waals surface area (Å²) >= 11 is 0. The molecule has 1 amide bonds. The molecular weight excluding hydrogens is 320 g/mol. The fourth-order valence-electron chi connectivity index (χ4n) is 3.84. The molecule has 138 valence electrons. The van der Waals surface area contributed by atoms with Gasteiger partial charge in [0.1, 0.15) is 6.04 Å². The van der Waals surface area contributed by atoms with Crippen molar-refractivity contribution >= 4 is 5.91 Å². The summed E-state index contributed by atoms with van der Waals surface area (Å²) in [6, 6.07) is 18.8. The molecule has 0 aliphatic heterocycles. The van der Waals surface area contributed by atoms with Crippen molar-refractivity contribution in [2.45, 2.75) is 57.7 Å². The predicted molar refractivity (Wildman–Crippen MR) is 107 cm³/mol. The minimum atomic E-state index is -0.266. The van der Waals surface area contributed by atoms with Crippen molar-refractivity contribution in [3.8, 4) is 0 Å². The van der Waals surface area contributed by atoms with Crippen LogP contribution in [0.5, 0.6) is 0 Å². The molecule has 0 spiro atoms. The van der Waals surface area contributed by atoms with Gasteiger partial charge in [-0.3, -0.25) is 9.69 Å². The van der Waals surface area contributed by atoms with Gasteiger partial charge >= 0.3 is 0 Å². The Morgan fingerprint density at radius 2 is 1.69 bits per heavy atom. The Kier molecular flexibility index (Phi) is 6.45. The van der Waals surface area contributed by atoms with E-state index in [1.807, 2.05) is 25.2 Å². The van der Waals surface area contributed by atoms with Gasteiger partial charge in [0.25, 0.3) is 0 Å². The Labute approximate surface area is 157 Å². The number of likely N-dealkylation sites (N-methyl/N-ethyl adjacent to an activating group) is 1. The summed E-state index contributed by atoms with van der Waals surface area (Å²) in [5, 5.41) is 3.32. The monoisotopic (exact) mass is 350 g/mol. The Bertz CT molecular complexity index is 690. The third kappa shape index (κ3) is 4.95. The smallest absolute Gasteiger partial charge is 0.242 e. The number of hydrogen-bond donors (Lipinski definition) is 1. The minimum Gasteiger partial charge on any atom is -0.352 e. The van der Waals surface area contributed by atoms with E-state index in [1.165, 1.54) is 30.4 Å². The van der Waals surface area contributed by atoms with Gasteiger partial charge in [0, 0.05) is 12.6 Å². The molecule has 0 heterocycles. The SMILES string of the molecule is Cc1ccc([C@@H](C(=O)NC2CCCCC2)N(C)Cc2ccccc2)cc1. The lowest BCUT2D eigenvalue weighted by molar-refractivity contribution is -0.127. The summed E-state index contributed by atoms with van der Waals surface area (Å²) in [6.45, 7) is 2.83. The first-order chi connectivity index (χ1) is 12.6. The maximum atomic E-state index is 13.2. The van der Waals surface area contributed by atoms with Crippen molar-refractivity contribution in [2.24, 2.45) is 0 Å². The van der Waals surface area contributed by atoms with Crippen LogP contribution in [0, 0.1) is 6.92 Å². The molecule has 2 aromatic carbocycles. The molecule has 1 N–H and O–H groups in total. The topological polar surface area (TPSA) is 32.3 Å². The van der Waals surface area contributed by atoms with Crippen LogP contribution in [-0.2, 0) is 11.3 Å². The van der Waals surface area contributed by atoms with Crippen LogP contribution in [0.2, 0.25) is 0 Å². The molecule has 0 unspecified atom stereocenters. The summed E-state index contributed by atoms with van der Waals surface area (Å²) in [7, 11) is 2.04. The fraction of sp³-hybridized carbons (Fsp3) is 0.435. The molecule has 3 rings (SSSR count). The van der Waals surface area contributed by atoms with E-state index in [0.717, 1.165) is 24.9 Å². The third-order valence-corrected chi connectivity index (χ3v) is 5.31. The van der Waals surface area contributed by atoms with Crippen molar-refractivity contribution in [1.29, 1.82) is 0 Å². The third-order valence-electron chi connectivity index (χ3n) is 5.31. The molecule has 0 radical (unpaired) electrons. The largest absolute Gasteiger partial charge is 0.352 e. The zero-order chi connectivity index (χ0) is 18.4. The highest BCUT2D eigenvalue weighted by atomic mass is 16.2. The number of benzene rings is 2. The molecule has 0 aromatic heterocycles. The maximum absolute atomic E-state index is 13.2. The van der Waals surface area contributed by atoms with E-state index in [-0.39, 0.29) is 11.9 Å². The van der Waals surface area contributed by atoms with Gasteiger partial charge in [-0.15, -0.1) is 0 Å². The average Bonchev–Trinajstić information content (AvgIpc) is 2.65. The second-order valence-corrected chi connectivity index (χ2v) is 7.56. The Hall–Kier alpha value is -2.13. The molecule has 2 aromatic rings. The predicted octanol–water partition coefficient (Wildman–Crippen LogP) is 4.62. The fourth-order valence-corrected chi connectivity index (χ4v) is 3.84. The molecule has 0 bridgehead atoms. The Morgan fingerprint density at radius 1 is 1.04 bits per heavy atom. The van der Waals surface area contributed by atoms with Gasteiger partial charge in [0.05, 0.1) is 0 Å². The van der Waals surface area contributed by atoms with Crippen LogP contribution >= 0.6 is 0 Å². The molecule has 3 heteroatoms. The van der Waals surface area contributed by atoms with Gasteiger partial charge in [0.15, 0.2) is 0 Å². The maximum Gasteiger partial charge on any atom is 0.242 e. The number of carbonyl (C=O) groups excluding carboxylic acids is 1. The molecule has 3 nitrogen and oxygen atoms in total. The van der Waals surface area contributed by atoms with Crippen LogP contribution in [0.3, 0.4) is 0 Å². The Morgan fingerprint density at radius 3 is 2.35 bits per heavy atom. The Balaban J connectivity index is 1.78. The number of amides is 1. The van der Waals surface area contributed by atoms with Crippen LogP contribution in [-0.4, -0.2) is 23.9 Å². The number of carbonyl (C=O) groups is 1. The normalized spacial score (nSPS) is 16.4. The van der Waals surface area contributed by atoms with E-state index in [4.69, 9.17) is 0 Å². The van der Waals surface area contributed by atoms with Gasteiger partial charge in [-0.05, 0) is 37.9 Å². The molecule has 1 aliphatic rings. The summed E-state index contributed by atoms with van der Waals surface area (Å²) < 4.78 is 0. The van der Waals surface area contributed by atoms with E-state index < -0.39 is 0 Å². The summed E-state index contributed by atoms with van der Waals surface area (Å²) in [5.41, 5.74) is 3.49. The number of hydrogen-bond acceptors (Lipinski definition) is 2. The van der Waals surface area contributed by atoms with Crippen molar-refractivity contribution in [2.75, 3.05) is 7.05 Å². The molecule has 1 aliphatic carbocycles. The molecule has 1 saturated carbocycles. The van der Waals surface area contributed by atoms with Crippen molar-refractivity contribution < 1.29 is 4.79 Å².